The highest BCUT2D eigenvalue weighted by Crippen LogP contribution is 2.11. The van der Waals surface area contributed by atoms with Crippen molar-refractivity contribution in [2.75, 3.05) is 26.7 Å². The van der Waals surface area contributed by atoms with E-state index < -0.39 is 0 Å². The number of likely N-dealkylation sites (N-methyl/N-ethyl adjacent to an activating group) is 1. The molecule has 0 aliphatic carbocycles. The zero-order valence-corrected chi connectivity index (χ0v) is 10.4. The van der Waals surface area contributed by atoms with Crippen molar-refractivity contribution >= 4 is 0 Å². The molecule has 1 unspecified atom stereocenters. The van der Waals surface area contributed by atoms with Gasteiger partial charge in [0.2, 0.25) is 0 Å². The third kappa shape index (κ3) is 3.06. The Morgan fingerprint density at radius 2 is 1.88 bits per heavy atom. The summed E-state index contributed by atoms with van der Waals surface area (Å²) in [5.74, 6) is 0. The van der Waals surface area contributed by atoms with Gasteiger partial charge in [-0.3, -0.25) is 4.90 Å². The normalized spacial score (nSPS) is 24.2. The summed E-state index contributed by atoms with van der Waals surface area (Å²) < 4.78 is 0. The average Bonchev–Trinajstić information content (AvgIpc) is 2.46. The standard InChI is InChI=1S/C14H22N2/c1-13-8-9-16(11-10-15(13)2)12-14-6-4-3-5-7-14/h3-7,13H,8-12H2,1-2H3. The molecular formula is C14H22N2. The van der Waals surface area contributed by atoms with Crippen LogP contribution in [0.5, 0.6) is 0 Å². The Morgan fingerprint density at radius 3 is 2.62 bits per heavy atom. The predicted octanol–water partition coefficient (Wildman–Crippen LogP) is 2.21. The Hall–Kier alpha value is -0.860. The van der Waals surface area contributed by atoms with Gasteiger partial charge in [-0.2, -0.15) is 0 Å². The van der Waals surface area contributed by atoms with Gasteiger partial charge in [-0.1, -0.05) is 30.3 Å². The molecule has 0 spiro atoms. The van der Waals surface area contributed by atoms with E-state index in [9.17, 15) is 0 Å². The van der Waals surface area contributed by atoms with Crippen LogP contribution in [0.25, 0.3) is 0 Å². The second-order valence-electron chi connectivity index (χ2n) is 4.88. The van der Waals surface area contributed by atoms with Crippen LogP contribution in [0.2, 0.25) is 0 Å². The molecule has 0 radical (unpaired) electrons. The first kappa shape index (κ1) is 11.6. The lowest BCUT2D eigenvalue weighted by molar-refractivity contribution is 0.256. The van der Waals surface area contributed by atoms with E-state index in [1.54, 1.807) is 0 Å². The first-order valence-corrected chi connectivity index (χ1v) is 6.22. The summed E-state index contributed by atoms with van der Waals surface area (Å²) in [4.78, 5) is 5.03. The number of rotatable bonds is 2. The third-order valence-electron chi connectivity index (χ3n) is 3.63. The summed E-state index contributed by atoms with van der Waals surface area (Å²) in [6.07, 6.45) is 1.28. The Balaban J connectivity index is 1.91. The molecule has 2 heteroatoms. The monoisotopic (exact) mass is 218 g/mol. The Labute approximate surface area is 98.9 Å². The second kappa shape index (κ2) is 5.46. The third-order valence-corrected chi connectivity index (χ3v) is 3.63. The van der Waals surface area contributed by atoms with Gasteiger partial charge < -0.3 is 4.90 Å². The minimum atomic E-state index is 0.723. The van der Waals surface area contributed by atoms with E-state index >= 15 is 0 Å². The lowest BCUT2D eigenvalue weighted by Gasteiger charge is -2.20. The minimum Gasteiger partial charge on any atom is -0.302 e. The summed E-state index contributed by atoms with van der Waals surface area (Å²) >= 11 is 0. The van der Waals surface area contributed by atoms with E-state index in [0.717, 1.165) is 12.6 Å². The topological polar surface area (TPSA) is 6.48 Å². The lowest BCUT2D eigenvalue weighted by Crippen LogP contribution is -2.31. The molecule has 88 valence electrons. The molecular weight excluding hydrogens is 196 g/mol. The number of hydrogen-bond donors (Lipinski definition) is 0. The molecule has 0 bridgehead atoms. The molecule has 1 aliphatic heterocycles. The molecule has 1 aliphatic rings. The highest BCUT2D eigenvalue weighted by molar-refractivity contribution is 5.14. The Kier molecular flexibility index (Phi) is 3.97. The predicted molar refractivity (Wildman–Crippen MR) is 68.4 cm³/mol. The van der Waals surface area contributed by atoms with Gasteiger partial charge in [-0.05, 0) is 26.0 Å². The van der Waals surface area contributed by atoms with Crippen LogP contribution in [0.3, 0.4) is 0 Å². The molecule has 1 atom stereocenters. The number of nitrogens with zero attached hydrogens (tertiary/aromatic N) is 2. The number of hydrogen-bond acceptors (Lipinski definition) is 2. The fraction of sp³-hybridized carbons (Fsp3) is 0.571. The maximum absolute atomic E-state index is 2.56. The fourth-order valence-electron chi connectivity index (χ4n) is 2.22. The molecule has 0 amide bonds. The summed E-state index contributed by atoms with van der Waals surface area (Å²) in [6.45, 7) is 7.03. The molecule has 1 saturated heterocycles. The average molecular weight is 218 g/mol. The summed E-state index contributed by atoms with van der Waals surface area (Å²) in [7, 11) is 2.23. The molecule has 0 aromatic heterocycles. The van der Waals surface area contributed by atoms with Gasteiger partial charge in [0, 0.05) is 32.2 Å². The molecule has 1 heterocycles. The van der Waals surface area contributed by atoms with Crippen molar-refractivity contribution in [2.45, 2.75) is 25.9 Å². The van der Waals surface area contributed by atoms with Gasteiger partial charge >= 0.3 is 0 Å². The summed E-state index contributed by atoms with van der Waals surface area (Å²) in [5, 5.41) is 0. The Morgan fingerprint density at radius 1 is 1.12 bits per heavy atom. The van der Waals surface area contributed by atoms with Crippen molar-refractivity contribution in [3.05, 3.63) is 35.9 Å². The van der Waals surface area contributed by atoms with Crippen molar-refractivity contribution in [1.82, 2.24) is 9.80 Å². The highest BCUT2D eigenvalue weighted by atomic mass is 15.2. The SMILES string of the molecule is CC1CCN(Cc2ccccc2)CCN1C. The van der Waals surface area contributed by atoms with E-state index in [4.69, 9.17) is 0 Å². The van der Waals surface area contributed by atoms with Crippen molar-refractivity contribution in [3.63, 3.8) is 0 Å². The van der Waals surface area contributed by atoms with E-state index in [-0.39, 0.29) is 0 Å². The quantitative estimate of drug-likeness (QED) is 0.751. The van der Waals surface area contributed by atoms with Gasteiger partial charge in [0.25, 0.3) is 0 Å². The van der Waals surface area contributed by atoms with Crippen LogP contribution in [-0.2, 0) is 6.54 Å². The van der Waals surface area contributed by atoms with Crippen molar-refractivity contribution in [1.29, 1.82) is 0 Å². The molecule has 1 aromatic carbocycles. The van der Waals surface area contributed by atoms with Crippen LogP contribution in [0.4, 0.5) is 0 Å². The van der Waals surface area contributed by atoms with Crippen LogP contribution in [0.1, 0.15) is 18.9 Å². The maximum Gasteiger partial charge on any atom is 0.0234 e. The van der Waals surface area contributed by atoms with Crippen molar-refractivity contribution in [3.8, 4) is 0 Å². The van der Waals surface area contributed by atoms with Crippen LogP contribution < -0.4 is 0 Å². The molecule has 2 rings (SSSR count). The second-order valence-corrected chi connectivity index (χ2v) is 4.88. The van der Waals surface area contributed by atoms with Gasteiger partial charge in [0.05, 0.1) is 0 Å². The molecule has 1 aromatic rings. The summed E-state index contributed by atoms with van der Waals surface area (Å²) in [5.41, 5.74) is 1.43. The zero-order valence-electron chi connectivity index (χ0n) is 10.4. The molecule has 16 heavy (non-hydrogen) atoms. The molecule has 2 nitrogen and oxygen atoms in total. The van der Waals surface area contributed by atoms with E-state index in [1.807, 2.05) is 0 Å². The van der Waals surface area contributed by atoms with Crippen LogP contribution in [-0.4, -0.2) is 42.5 Å². The van der Waals surface area contributed by atoms with Gasteiger partial charge in [0.1, 0.15) is 0 Å². The molecule has 0 saturated carbocycles. The highest BCUT2D eigenvalue weighted by Gasteiger charge is 2.17. The first-order chi connectivity index (χ1) is 7.75. The number of benzene rings is 1. The van der Waals surface area contributed by atoms with E-state index in [0.29, 0.717) is 0 Å². The lowest BCUT2D eigenvalue weighted by atomic mass is 10.2. The van der Waals surface area contributed by atoms with Crippen LogP contribution >= 0.6 is 0 Å². The maximum atomic E-state index is 2.56. The van der Waals surface area contributed by atoms with E-state index in [1.165, 1.54) is 31.6 Å². The minimum absolute atomic E-state index is 0.723. The van der Waals surface area contributed by atoms with Gasteiger partial charge in [-0.15, -0.1) is 0 Å². The van der Waals surface area contributed by atoms with Crippen molar-refractivity contribution < 1.29 is 0 Å². The van der Waals surface area contributed by atoms with Gasteiger partial charge in [0.15, 0.2) is 0 Å². The first-order valence-electron chi connectivity index (χ1n) is 6.22. The summed E-state index contributed by atoms with van der Waals surface area (Å²) in [6, 6.07) is 11.5. The smallest absolute Gasteiger partial charge is 0.0234 e. The van der Waals surface area contributed by atoms with Crippen LogP contribution in [0, 0.1) is 0 Å². The van der Waals surface area contributed by atoms with Crippen LogP contribution in [0.15, 0.2) is 30.3 Å². The molecule has 0 N–H and O–H groups in total. The zero-order chi connectivity index (χ0) is 11.4. The Bertz CT molecular complexity index is 298. The van der Waals surface area contributed by atoms with Crippen molar-refractivity contribution in [2.24, 2.45) is 0 Å². The van der Waals surface area contributed by atoms with E-state index in [2.05, 4.69) is 54.1 Å². The fourth-order valence-corrected chi connectivity index (χ4v) is 2.22. The van der Waals surface area contributed by atoms with Gasteiger partial charge in [-0.25, -0.2) is 0 Å². The molecule has 1 fully saturated rings. The largest absolute Gasteiger partial charge is 0.302 e.